The summed E-state index contributed by atoms with van der Waals surface area (Å²) in [5.41, 5.74) is 0. The molecule has 1 aromatic rings. The fourth-order valence-corrected chi connectivity index (χ4v) is 2.52. The molecule has 1 atom stereocenters. The Labute approximate surface area is 124 Å². The van der Waals surface area contributed by atoms with E-state index in [1.54, 1.807) is 7.11 Å². The molecule has 1 aromatic heterocycles. The minimum absolute atomic E-state index is 0.344. The molecule has 1 unspecified atom stereocenters. The number of unbranched alkanes of at least 4 members (excludes halogenated alkanes) is 5. The van der Waals surface area contributed by atoms with E-state index in [1.165, 1.54) is 38.5 Å². The zero-order valence-corrected chi connectivity index (χ0v) is 13.4. The van der Waals surface area contributed by atoms with E-state index in [-0.39, 0.29) is 0 Å². The van der Waals surface area contributed by atoms with E-state index in [2.05, 4.69) is 25.2 Å². The second-order valence-corrected chi connectivity index (χ2v) is 5.40. The molecule has 1 N–H and O–H groups in total. The zero-order chi connectivity index (χ0) is 14.6. The molecule has 1 rings (SSSR count). The smallest absolute Gasteiger partial charge is 0.129 e. The Morgan fingerprint density at radius 3 is 2.55 bits per heavy atom. The van der Waals surface area contributed by atoms with E-state index in [9.17, 15) is 0 Å². The number of methoxy groups -OCH3 is 1. The number of hydrogen-bond donors (Lipinski definition) is 1. The van der Waals surface area contributed by atoms with Gasteiger partial charge in [0.15, 0.2) is 0 Å². The molecule has 0 spiro atoms. The van der Waals surface area contributed by atoms with Crippen molar-refractivity contribution in [2.75, 3.05) is 13.7 Å². The minimum atomic E-state index is 0.344. The normalized spacial score (nSPS) is 12.8. The standard InChI is InChI=1S/C17H31NO2/c1-4-6-7-8-9-10-11-16(18-5-2)17-13-12-15(20-17)14-19-3/h12-13,16,18H,4-11,14H2,1-3H3. The largest absolute Gasteiger partial charge is 0.462 e. The van der Waals surface area contributed by atoms with Crippen molar-refractivity contribution in [2.45, 2.75) is 71.4 Å². The quantitative estimate of drug-likeness (QED) is 0.557. The van der Waals surface area contributed by atoms with Crippen LogP contribution in [0.5, 0.6) is 0 Å². The van der Waals surface area contributed by atoms with Gasteiger partial charge >= 0.3 is 0 Å². The average molecular weight is 281 g/mol. The first-order valence-electron chi connectivity index (χ1n) is 8.12. The van der Waals surface area contributed by atoms with Crippen molar-refractivity contribution in [3.8, 4) is 0 Å². The molecule has 0 fully saturated rings. The lowest BCUT2D eigenvalue weighted by atomic mass is 10.0. The van der Waals surface area contributed by atoms with Gasteiger partial charge in [-0.15, -0.1) is 0 Å². The summed E-state index contributed by atoms with van der Waals surface area (Å²) in [4.78, 5) is 0. The molecule has 0 aliphatic rings. The minimum Gasteiger partial charge on any atom is -0.462 e. The van der Waals surface area contributed by atoms with Crippen LogP contribution in [0.4, 0.5) is 0 Å². The molecular weight excluding hydrogens is 250 g/mol. The van der Waals surface area contributed by atoms with Crippen LogP contribution in [0.3, 0.4) is 0 Å². The van der Waals surface area contributed by atoms with E-state index in [4.69, 9.17) is 9.15 Å². The highest BCUT2D eigenvalue weighted by Crippen LogP contribution is 2.23. The van der Waals surface area contributed by atoms with E-state index >= 15 is 0 Å². The summed E-state index contributed by atoms with van der Waals surface area (Å²) in [6, 6.07) is 4.44. The van der Waals surface area contributed by atoms with Crippen LogP contribution >= 0.6 is 0 Å². The fourth-order valence-electron chi connectivity index (χ4n) is 2.52. The molecule has 20 heavy (non-hydrogen) atoms. The molecule has 0 aromatic carbocycles. The lowest BCUT2D eigenvalue weighted by Gasteiger charge is -2.15. The Kier molecular flexibility index (Phi) is 9.42. The lowest BCUT2D eigenvalue weighted by molar-refractivity contribution is 0.161. The Balaban J connectivity index is 2.34. The predicted molar refractivity (Wildman–Crippen MR) is 83.8 cm³/mol. The van der Waals surface area contributed by atoms with Crippen LogP contribution in [0, 0.1) is 0 Å². The van der Waals surface area contributed by atoms with E-state index < -0.39 is 0 Å². The van der Waals surface area contributed by atoms with Gasteiger partial charge in [0.2, 0.25) is 0 Å². The van der Waals surface area contributed by atoms with Gasteiger partial charge in [-0.1, -0.05) is 52.4 Å². The zero-order valence-electron chi connectivity index (χ0n) is 13.4. The second-order valence-electron chi connectivity index (χ2n) is 5.40. The van der Waals surface area contributed by atoms with Crippen molar-refractivity contribution >= 4 is 0 Å². The van der Waals surface area contributed by atoms with Crippen LogP contribution in [0.15, 0.2) is 16.5 Å². The van der Waals surface area contributed by atoms with Crippen molar-refractivity contribution in [3.63, 3.8) is 0 Å². The summed E-state index contributed by atoms with van der Waals surface area (Å²) in [5.74, 6) is 1.96. The van der Waals surface area contributed by atoms with Gasteiger partial charge in [-0.05, 0) is 25.1 Å². The van der Waals surface area contributed by atoms with Crippen molar-refractivity contribution in [1.82, 2.24) is 5.32 Å². The van der Waals surface area contributed by atoms with Crippen LogP contribution in [0.25, 0.3) is 0 Å². The molecule has 0 saturated carbocycles. The lowest BCUT2D eigenvalue weighted by Crippen LogP contribution is -2.20. The van der Waals surface area contributed by atoms with Gasteiger partial charge in [-0.2, -0.15) is 0 Å². The Morgan fingerprint density at radius 1 is 1.10 bits per heavy atom. The summed E-state index contributed by atoms with van der Waals surface area (Å²) in [6.45, 7) is 5.93. The SMILES string of the molecule is CCCCCCCCC(NCC)c1ccc(COC)o1. The number of hydrogen-bond acceptors (Lipinski definition) is 3. The van der Waals surface area contributed by atoms with Gasteiger partial charge in [0.05, 0.1) is 6.04 Å². The third-order valence-corrected chi connectivity index (χ3v) is 3.61. The first-order chi connectivity index (χ1) is 9.81. The molecule has 3 nitrogen and oxygen atoms in total. The Hall–Kier alpha value is -0.800. The first kappa shape index (κ1) is 17.3. The fraction of sp³-hybridized carbons (Fsp3) is 0.765. The highest BCUT2D eigenvalue weighted by Gasteiger charge is 2.14. The van der Waals surface area contributed by atoms with Crippen LogP contribution in [0.1, 0.15) is 76.4 Å². The monoisotopic (exact) mass is 281 g/mol. The molecule has 0 aliphatic heterocycles. The van der Waals surface area contributed by atoms with Crippen molar-refractivity contribution in [2.24, 2.45) is 0 Å². The number of rotatable bonds is 12. The predicted octanol–water partition coefficient (Wildman–Crippen LogP) is 4.83. The third kappa shape index (κ3) is 6.58. The summed E-state index contributed by atoms with van der Waals surface area (Å²) >= 11 is 0. The molecule has 0 saturated heterocycles. The number of furan rings is 1. The van der Waals surface area contributed by atoms with Gasteiger partial charge in [-0.3, -0.25) is 0 Å². The Bertz CT molecular complexity index is 335. The van der Waals surface area contributed by atoms with E-state index in [0.717, 1.165) is 24.5 Å². The molecule has 0 radical (unpaired) electrons. The maximum atomic E-state index is 5.85. The highest BCUT2D eigenvalue weighted by molar-refractivity contribution is 5.10. The summed E-state index contributed by atoms with van der Waals surface area (Å²) in [6.07, 6.45) is 9.17. The number of nitrogens with one attached hydrogen (secondary N) is 1. The van der Waals surface area contributed by atoms with Gasteiger partial charge < -0.3 is 14.5 Å². The van der Waals surface area contributed by atoms with E-state index in [0.29, 0.717) is 12.6 Å². The van der Waals surface area contributed by atoms with Gasteiger partial charge in [0.1, 0.15) is 18.1 Å². The maximum absolute atomic E-state index is 5.85. The third-order valence-electron chi connectivity index (χ3n) is 3.61. The topological polar surface area (TPSA) is 34.4 Å². The van der Waals surface area contributed by atoms with Crippen LogP contribution in [0.2, 0.25) is 0 Å². The molecular formula is C17H31NO2. The van der Waals surface area contributed by atoms with Crippen LogP contribution < -0.4 is 5.32 Å². The van der Waals surface area contributed by atoms with Crippen molar-refractivity contribution < 1.29 is 9.15 Å². The number of ether oxygens (including phenoxy) is 1. The summed E-state index contributed by atoms with van der Waals surface area (Å²) in [7, 11) is 1.69. The van der Waals surface area contributed by atoms with Crippen molar-refractivity contribution in [3.05, 3.63) is 23.7 Å². The van der Waals surface area contributed by atoms with Crippen LogP contribution in [-0.4, -0.2) is 13.7 Å². The maximum Gasteiger partial charge on any atom is 0.129 e. The van der Waals surface area contributed by atoms with Crippen LogP contribution in [-0.2, 0) is 11.3 Å². The molecule has 0 amide bonds. The highest BCUT2D eigenvalue weighted by atomic mass is 16.5. The first-order valence-corrected chi connectivity index (χ1v) is 8.12. The summed E-state index contributed by atoms with van der Waals surface area (Å²) in [5, 5.41) is 3.52. The average Bonchev–Trinajstić information content (AvgIpc) is 2.90. The Morgan fingerprint density at radius 2 is 1.85 bits per heavy atom. The molecule has 1 heterocycles. The van der Waals surface area contributed by atoms with Gasteiger partial charge in [0, 0.05) is 7.11 Å². The van der Waals surface area contributed by atoms with E-state index in [1.807, 2.05) is 6.07 Å². The molecule has 0 aliphatic carbocycles. The second kappa shape index (κ2) is 10.9. The van der Waals surface area contributed by atoms with Gasteiger partial charge in [-0.25, -0.2) is 0 Å². The van der Waals surface area contributed by atoms with Crippen molar-refractivity contribution in [1.29, 1.82) is 0 Å². The summed E-state index contributed by atoms with van der Waals surface area (Å²) < 4.78 is 10.9. The van der Waals surface area contributed by atoms with Gasteiger partial charge in [0.25, 0.3) is 0 Å². The molecule has 0 bridgehead atoms. The molecule has 3 heteroatoms. The molecule has 116 valence electrons.